The molecule has 5 nitrogen and oxygen atoms in total. The second kappa shape index (κ2) is 5.92. The average molecular weight is 324 g/mol. The van der Waals surface area contributed by atoms with Crippen molar-refractivity contribution in [2.45, 2.75) is 13.3 Å². The quantitative estimate of drug-likeness (QED) is 0.738. The molecule has 0 heterocycles. The molecule has 122 valence electrons. The van der Waals surface area contributed by atoms with E-state index in [2.05, 4.69) is 0 Å². The fraction of sp³-hybridized carbons (Fsp3) is 0.211. The number of hydrogen-bond donors (Lipinski definition) is 0. The topological polar surface area (TPSA) is 69.7 Å². The summed E-state index contributed by atoms with van der Waals surface area (Å²) in [5, 5.41) is 0. The molecule has 0 aliphatic heterocycles. The zero-order valence-electron chi connectivity index (χ0n) is 13.6. The van der Waals surface area contributed by atoms with Crippen LogP contribution >= 0.6 is 0 Å². The first-order chi connectivity index (χ1) is 11.5. The highest BCUT2D eigenvalue weighted by molar-refractivity contribution is 6.30. The van der Waals surface area contributed by atoms with Crippen LogP contribution in [0.4, 0.5) is 0 Å². The van der Waals surface area contributed by atoms with Crippen LogP contribution in [0.1, 0.15) is 44.3 Å². The number of methoxy groups -OCH3 is 2. The van der Waals surface area contributed by atoms with Crippen LogP contribution in [-0.4, -0.2) is 31.6 Å². The van der Waals surface area contributed by atoms with Crippen molar-refractivity contribution in [1.82, 2.24) is 0 Å². The fourth-order valence-corrected chi connectivity index (χ4v) is 3.08. The normalized spacial score (nSPS) is 12.5. The Morgan fingerprint density at radius 3 is 2.21 bits per heavy atom. The van der Waals surface area contributed by atoms with E-state index in [1.807, 2.05) is 0 Å². The lowest BCUT2D eigenvalue weighted by Gasteiger charge is -2.22. The maximum atomic E-state index is 13.0. The fourth-order valence-electron chi connectivity index (χ4n) is 3.08. The highest BCUT2D eigenvalue weighted by Gasteiger charge is 2.35. The largest absolute Gasteiger partial charge is 0.496 e. The van der Waals surface area contributed by atoms with Gasteiger partial charge in [0.15, 0.2) is 11.6 Å². The Balaban J connectivity index is 2.28. The van der Waals surface area contributed by atoms with Gasteiger partial charge in [0.25, 0.3) is 0 Å². The van der Waals surface area contributed by atoms with Gasteiger partial charge in [0.05, 0.1) is 25.3 Å². The van der Waals surface area contributed by atoms with E-state index in [-0.39, 0.29) is 51.8 Å². The summed E-state index contributed by atoms with van der Waals surface area (Å²) in [5.74, 6) is 0.00757. The zero-order chi connectivity index (χ0) is 17.4. The van der Waals surface area contributed by atoms with Gasteiger partial charge in [-0.3, -0.25) is 14.4 Å². The van der Waals surface area contributed by atoms with Crippen molar-refractivity contribution in [3.05, 3.63) is 58.1 Å². The Kier molecular flexibility index (Phi) is 3.93. The lowest BCUT2D eigenvalue weighted by atomic mass is 9.81. The van der Waals surface area contributed by atoms with E-state index < -0.39 is 0 Å². The second-order valence-corrected chi connectivity index (χ2v) is 5.60. The molecule has 0 saturated heterocycles. The summed E-state index contributed by atoms with van der Waals surface area (Å²) in [6.45, 7) is 1.46. The molecule has 2 aromatic rings. The summed E-state index contributed by atoms with van der Waals surface area (Å²) in [4.78, 5) is 37.3. The van der Waals surface area contributed by atoms with Gasteiger partial charge >= 0.3 is 0 Å². The van der Waals surface area contributed by atoms with Crippen LogP contribution in [0.3, 0.4) is 0 Å². The van der Waals surface area contributed by atoms with Gasteiger partial charge in [-0.25, -0.2) is 0 Å². The predicted octanol–water partition coefficient (Wildman–Crippen LogP) is 2.61. The molecule has 0 saturated carbocycles. The van der Waals surface area contributed by atoms with Crippen LogP contribution in [0.5, 0.6) is 11.5 Å². The van der Waals surface area contributed by atoms with Gasteiger partial charge in [0.1, 0.15) is 17.3 Å². The number of rotatable bonds is 4. The van der Waals surface area contributed by atoms with Crippen molar-refractivity contribution in [2.24, 2.45) is 0 Å². The van der Waals surface area contributed by atoms with E-state index in [9.17, 15) is 14.4 Å². The van der Waals surface area contributed by atoms with Crippen LogP contribution in [0.25, 0.3) is 0 Å². The number of carbonyl (C=O) groups excluding carboxylic acids is 3. The summed E-state index contributed by atoms with van der Waals surface area (Å²) in [6, 6.07) is 8.14. The Hall–Kier alpha value is -2.95. The minimum Gasteiger partial charge on any atom is -0.496 e. The Morgan fingerprint density at radius 1 is 0.917 bits per heavy atom. The Bertz CT molecular complexity index is 880. The van der Waals surface area contributed by atoms with Crippen LogP contribution < -0.4 is 9.47 Å². The van der Waals surface area contributed by atoms with E-state index in [0.29, 0.717) is 11.3 Å². The van der Waals surface area contributed by atoms with E-state index >= 15 is 0 Å². The minimum atomic E-state index is -0.305. The average Bonchev–Trinajstić information content (AvgIpc) is 2.58. The Labute approximate surface area is 139 Å². The van der Waals surface area contributed by atoms with Crippen molar-refractivity contribution in [1.29, 1.82) is 0 Å². The van der Waals surface area contributed by atoms with Gasteiger partial charge in [-0.2, -0.15) is 0 Å². The standard InChI is InChI=1S/C19H16O5/c1-10(20)9-11-7-8-13-16(19(11)24-3)18(22)12-5-4-6-14(23-2)15(12)17(13)21/h4-8H,9H2,1-3H3. The van der Waals surface area contributed by atoms with Crippen molar-refractivity contribution >= 4 is 17.3 Å². The third kappa shape index (κ3) is 2.29. The second-order valence-electron chi connectivity index (χ2n) is 5.60. The molecular formula is C19H16O5. The molecule has 0 bridgehead atoms. The lowest BCUT2D eigenvalue weighted by molar-refractivity contribution is -0.116. The molecule has 0 amide bonds. The number of hydrogen-bond acceptors (Lipinski definition) is 5. The van der Waals surface area contributed by atoms with Gasteiger partial charge in [-0.15, -0.1) is 0 Å². The molecule has 24 heavy (non-hydrogen) atoms. The first-order valence-corrected chi connectivity index (χ1v) is 7.45. The van der Waals surface area contributed by atoms with E-state index in [1.54, 1.807) is 30.3 Å². The molecule has 0 N–H and O–H groups in total. The molecule has 2 aromatic carbocycles. The maximum Gasteiger partial charge on any atom is 0.198 e. The molecule has 1 aliphatic rings. The molecule has 0 radical (unpaired) electrons. The number of Topliss-reactive ketones (excluding diaryl/α,β-unsaturated/α-hetero) is 1. The maximum absolute atomic E-state index is 13.0. The highest BCUT2D eigenvalue weighted by Crippen LogP contribution is 2.38. The molecule has 1 aliphatic carbocycles. The van der Waals surface area contributed by atoms with Crippen LogP contribution in [0.15, 0.2) is 30.3 Å². The van der Waals surface area contributed by atoms with Crippen LogP contribution in [-0.2, 0) is 11.2 Å². The zero-order valence-corrected chi connectivity index (χ0v) is 13.6. The first kappa shape index (κ1) is 15.9. The van der Waals surface area contributed by atoms with Gasteiger partial charge in [-0.05, 0) is 19.1 Å². The molecule has 3 rings (SSSR count). The SMILES string of the molecule is COc1cccc2c1C(=O)c1ccc(CC(C)=O)c(OC)c1C2=O. The van der Waals surface area contributed by atoms with Crippen LogP contribution in [0.2, 0.25) is 0 Å². The molecule has 0 atom stereocenters. The monoisotopic (exact) mass is 324 g/mol. The van der Waals surface area contributed by atoms with Crippen molar-refractivity contribution < 1.29 is 23.9 Å². The van der Waals surface area contributed by atoms with E-state index in [1.165, 1.54) is 21.1 Å². The molecule has 0 unspecified atom stereocenters. The van der Waals surface area contributed by atoms with Crippen molar-refractivity contribution in [2.75, 3.05) is 14.2 Å². The molecule has 5 heteroatoms. The van der Waals surface area contributed by atoms with Crippen LogP contribution in [0, 0.1) is 0 Å². The first-order valence-electron chi connectivity index (χ1n) is 7.45. The summed E-state index contributed by atoms with van der Waals surface area (Å²) in [5.41, 5.74) is 1.61. The van der Waals surface area contributed by atoms with Gasteiger partial charge in [0, 0.05) is 23.1 Å². The smallest absolute Gasteiger partial charge is 0.198 e. The number of benzene rings is 2. The number of carbonyl (C=O) groups is 3. The number of ketones is 3. The number of ether oxygens (including phenoxy) is 2. The molecule has 0 spiro atoms. The molecule has 0 aromatic heterocycles. The van der Waals surface area contributed by atoms with E-state index in [4.69, 9.17) is 9.47 Å². The minimum absolute atomic E-state index is 0.0510. The summed E-state index contributed by atoms with van der Waals surface area (Å²) < 4.78 is 10.6. The van der Waals surface area contributed by atoms with Crippen molar-refractivity contribution in [3.8, 4) is 11.5 Å². The molecule has 0 fully saturated rings. The van der Waals surface area contributed by atoms with Crippen molar-refractivity contribution in [3.63, 3.8) is 0 Å². The number of fused-ring (bicyclic) bond motifs is 2. The third-order valence-corrected chi connectivity index (χ3v) is 4.07. The summed E-state index contributed by atoms with van der Waals surface area (Å²) >= 11 is 0. The van der Waals surface area contributed by atoms with Gasteiger partial charge in [0.2, 0.25) is 0 Å². The Morgan fingerprint density at radius 2 is 1.58 bits per heavy atom. The highest BCUT2D eigenvalue weighted by atomic mass is 16.5. The summed E-state index contributed by atoms with van der Waals surface area (Å²) in [6.07, 6.45) is 0.142. The third-order valence-electron chi connectivity index (χ3n) is 4.07. The summed E-state index contributed by atoms with van der Waals surface area (Å²) in [7, 11) is 2.89. The van der Waals surface area contributed by atoms with Gasteiger partial charge < -0.3 is 9.47 Å². The van der Waals surface area contributed by atoms with E-state index in [0.717, 1.165) is 0 Å². The predicted molar refractivity (Wildman–Crippen MR) is 87.2 cm³/mol. The van der Waals surface area contributed by atoms with Gasteiger partial charge in [-0.1, -0.05) is 18.2 Å². The lowest BCUT2D eigenvalue weighted by Crippen LogP contribution is -2.23. The molecular weight excluding hydrogens is 308 g/mol.